The van der Waals surface area contributed by atoms with E-state index < -0.39 is 0 Å². The molecule has 1 amide bonds. The average Bonchev–Trinajstić information content (AvgIpc) is 3.33. The molecule has 1 aliphatic heterocycles. The lowest BCUT2D eigenvalue weighted by Crippen LogP contribution is -2.43. The van der Waals surface area contributed by atoms with Crippen molar-refractivity contribution in [3.63, 3.8) is 0 Å². The quantitative estimate of drug-likeness (QED) is 0.506. The van der Waals surface area contributed by atoms with Crippen molar-refractivity contribution in [3.8, 4) is 27.6 Å². The molecule has 0 bridgehead atoms. The second-order valence-electron chi connectivity index (χ2n) is 8.19. The number of hydrogen-bond acceptors (Lipinski definition) is 4. The first kappa shape index (κ1) is 20.2. The maximum Gasteiger partial charge on any atom is 0.290 e. The number of carbonyl (C=O) groups excluding carboxylic acids is 1. The Kier molecular flexibility index (Phi) is 5.07. The molecule has 0 saturated heterocycles. The summed E-state index contributed by atoms with van der Waals surface area (Å²) < 4.78 is 8.46. The van der Waals surface area contributed by atoms with Crippen LogP contribution in [0.2, 0.25) is 0 Å². The van der Waals surface area contributed by atoms with Crippen LogP contribution in [0.3, 0.4) is 0 Å². The lowest BCUT2D eigenvalue weighted by Gasteiger charge is -2.32. The normalized spacial score (nSPS) is 13.0. The monoisotopic (exact) mass is 473 g/mol. The number of benzene rings is 1. The lowest BCUT2D eigenvalue weighted by atomic mass is 9.96. The van der Waals surface area contributed by atoms with Gasteiger partial charge in [-0.1, -0.05) is 6.07 Å². The molecule has 152 valence electrons. The first-order valence-corrected chi connectivity index (χ1v) is 11.2. The third-order valence-electron chi connectivity index (χ3n) is 5.46. The number of carbonyl (C=O) groups is 1. The SMILES string of the molecule is COc1cc2c(cc1Br)-c1c(-c3cccs3)nc(C(=O)N(C)C(C)(C)C)n1CC2. The fourth-order valence-electron chi connectivity index (χ4n) is 3.56. The molecule has 0 saturated carbocycles. The predicted octanol–water partition coefficient (Wildman–Crippen LogP) is 5.48. The van der Waals surface area contributed by atoms with Gasteiger partial charge in [0, 0.05) is 24.7 Å². The van der Waals surface area contributed by atoms with Crippen molar-refractivity contribution in [1.82, 2.24) is 14.5 Å². The van der Waals surface area contributed by atoms with Gasteiger partial charge < -0.3 is 14.2 Å². The van der Waals surface area contributed by atoms with E-state index in [0.717, 1.165) is 38.5 Å². The minimum Gasteiger partial charge on any atom is -0.496 e. The molecule has 1 aromatic carbocycles. The zero-order valence-electron chi connectivity index (χ0n) is 17.2. The molecule has 0 spiro atoms. The molecule has 0 aliphatic carbocycles. The number of thiophene rings is 1. The first-order valence-electron chi connectivity index (χ1n) is 9.51. The van der Waals surface area contributed by atoms with E-state index in [4.69, 9.17) is 9.72 Å². The van der Waals surface area contributed by atoms with E-state index in [-0.39, 0.29) is 11.4 Å². The maximum atomic E-state index is 13.3. The summed E-state index contributed by atoms with van der Waals surface area (Å²) >= 11 is 5.26. The van der Waals surface area contributed by atoms with Crippen LogP contribution >= 0.6 is 27.3 Å². The van der Waals surface area contributed by atoms with E-state index in [2.05, 4.69) is 38.7 Å². The largest absolute Gasteiger partial charge is 0.496 e. The summed E-state index contributed by atoms with van der Waals surface area (Å²) in [5.41, 5.74) is 3.89. The fourth-order valence-corrected chi connectivity index (χ4v) is 4.78. The van der Waals surface area contributed by atoms with Crippen LogP contribution in [-0.4, -0.2) is 40.1 Å². The second kappa shape index (κ2) is 7.29. The van der Waals surface area contributed by atoms with Crippen LogP contribution in [0.4, 0.5) is 0 Å². The zero-order valence-corrected chi connectivity index (χ0v) is 19.6. The van der Waals surface area contributed by atoms with Gasteiger partial charge in [0.2, 0.25) is 0 Å². The molecule has 0 atom stereocenters. The molecule has 0 unspecified atom stereocenters. The van der Waals surface area contributed by atoms with Crippen LogP contribution in [-0.2, 0) is 13.0 Å². The Balaban J connectivity index is 1.95. The minimum atomic E-state index is -0.282. The number of imidazole rings is 1. The predicted molar refractivity (Wildman–Crippen MR) is 121 cm³/mol. The number of halogens is 1. The Labute approximate surface area is 183 Å². The van der Waals surface area contributed by atoms with Crippen LogP contribution in [0.25, 0.3) is 21.8 Å². The van der Waals surface area contributed by atoms with Gasteiger partial charge in [-0.05, 0) is 72.3 Å². The third-order valence-corrected chi connectivity index (χ3v) is 6.96. The van der Waals surface area contributed by atoms with E-state index in [1.807, 2.05) is 39.3 Å². The van der Waals surface area contributed by atoms with Crippen LogP contribution < -0.4 is 4.74 Å². The highest BCUT2D eigenvalue weighted by molar-refractivity contribution is 9.10. The molecular weight excluding hydrogens is 450 g/mol. The summed E-state index contributed by atoms with van der Waals surface area (Å²) in [4.78, 5) is 21.0. The first-order chi connectivity index (χ1) is 13.7. The molecule has 7 heteroatoms. The van der Waals surface area contributed by atoms with Crippen molar-refractivity contribution >= 4 is 33.2 Å². The molecule has 3 heterocycles. The number of aryl methyl sites for hydroxylation is 1. The molecule has 4 rings (SSSR count). The van der Waals surface area contributed by atoms with Gasteiger partial charge in [-0.25, -0.2) is 4.98 Å². The zero-order chi connectivity index (χ0) is 20.9. The van der Waals surface area contributed by atoms with Crippen molar-refractivity contribution < 1.29 is 9.53 Å². The Morgan fingerprint density at radius 1 is 1.34 bits per heavy atom. The number of nitrogens with zero attached hydrogens (tertiary/aromatic N) is 3. The summed E-state index contributed by atoms with van der Waals surface area (Å²) in [6.07, 6.45) is 0.825. The standard InChI is InChI=1S/C22H24BrN3O2S/c1-22(2,3)25(4)21(27)20-24-18(17-7-6-10-29-17)19-14-12-15(23)16(28-5)11-13(14)8-9-26(19)20/h6-7,10-12H,8-9H2,1-5H3. The highest BCUT2D eigenvalue weighted by Gasteiger charge is 2.33. The Bertz CT molecular complexity index is 1080. The topological polar surface area (TPSA) is 47.4 Å². The lowest BCUT2D eigenvalue weighted by molar-refractivity contribution is 0.0638. The second-order valence-corrected chi connectivity index (χ2v) is 9.99. The van der Waals surface area contributed by atoms with Crippen molar-refractivity contribution in [3.05, 3.63) is 45.5 Å². The van der Waals surface area contributed by atoms with Crippen LogP contribution in [0.5, 0.6) is 5.75 Å². The number of methoxy groups -OCH3 is 1. The highest BCUT2D eigenvalue weighted by Crippen LogP contribution is 2.43. The molecule has 0 N–H and O–H groups in total. The molecule has 0 fully saturated rings. The van der Waals surface area contributed by atoms with E-state index >= 15 is 0 Å². The Morgan fingerprint density at radius 3 is 2.72 bits per heavy atom. The average molecular weight is 474 g/mol. The number of amides is 1. The summed E-state index contributed by atoms with van der Waals surface area (Å²) in [6, 6.07) is 8.24. The molecule has 2 aromatic heterocycles. The Morgan fingerprint density at radius 2 is 2.10 bits per heavy atom. The summed E-state index contributed by atoms with van der Waals surface area (Å²) in [5, 5.41) is 2.04. The summed E-state index contributed by atoms with van der Waals surface area (Å²) in [6.45, 7) is 6.81. The molecule has 29 heavy (non-hydrogen) atoms. The van der Waals surface area contributed by atoms with Gasteiger partial charge >= 0.3 is 0 Å². The number of fused-ring (bicyclic) bond motifs is 3. The van der Waals surface area contributed by atoms with E-state index in [9.17, 15) is 4.79 Å². The number of hydrogen-bond donors (Lipinski definition) is 0. The van der Waals surface area contributed by atoms with Crippen molar-refractivity contribution in [2.24, 2.45) is 0 Å². The molecular formula is C22H24BrN3O2S. The summed E-state index contributed by atoms with van der Waals surface area (Å²) in [7, 11) is 3.52. The minimum absolute atomic E-state index is 0.0578. The van der Waals surface area contributed by atoms with Crippen molar-refractivity contribution in [2.45, 2.75) is 39.3 Å². The van der Waals surface area contributed by atoms with Gasteiger partial charge in [-0.2, -0.15) is 0 Å². The number of aromatic nitrogens is 2. The van der Waals surface area contributed by atoms with Gasteiger partial charge in [0.1, 0.15) is 11.4 Å². The smallest absolute Gasteiger partial charge is 0.290 e. The maximum absolute atomic E-state index is 13.3. The fraction of sp³-hybridized carbons (Fsp3) is 0.364. The van der Waals surface area contributed by atoms with Crippen molar-refractivity contribution in [2.75, 3.05) is 14.2 Å². The van der Waals surface area contributed by atoms with Gasteiger partial charge in [0.15, 0.2) is 5.82 Å². The molecule has 0 radical (unpaired) electrons. The number of ether oxygens (including phenoxy) is 1. The van der Waals surface area contributed by atoms with E-state index in [0.29, 0.717) is 12.4 Å². The Hall–Kier alpha value is -2.12. The van der Waals surface area contributed by atoms with Gasteiger partial charge in [0.25, 0.3) is 5.91 Å². The highest BCUT2D eigenvalue weighted by atomic mass is 79.9. The van der Waals surface area contributed by atoms with Gasteiger partial charge in [-0.3, -0.25) is 4.79 Å². The van der Waals surface area contributed by atoms with E-state index in [1.54, 1.807) is 23.3 Å². The number of rotatable bonds is 3. The van der Waals surface area contributed by atoms with E-state index in [1.165, 1.54) is 5.56 Å². The van der Waals surface area contributed by atoms with Crippen molar-refractivity contribution in [1.29, 1.82) is 0 Å². The molecule has 5 nitrogen and oxygen atoms in total. The van der Waals surface area contributed by atoms with Crippen LogP contribution in [0, 0.1) is 0 Å². The molecule has 3 aromatic rings. The van der Waals surface area contributed by atoms with Crippen LogP contribution in [0.1, 0.15) is 37.0 Å². The molecule has 1 aliphatic rings. The van der Waals surface area contributed by atoms with Gasteiger partial charge in [0.05, 0.1) is 22.2 Å². The van der Waals surface area contributed by atoms with Gasteiger partial charge in [-0.15, -0.1) is 11.3 Å². The van der Waals surface area contributed by atoms with Crippen LogP contribution in [0.15, 0.2) is 34.1 Å². The third kappa shape index (κ3) is 3.40. The summed E-state index contributed by atoms with van der Waals surface area (Å²) in [5.74, 6) is 1.26.